The van der Waals surface area contributed by atoms with E-state index in [0.29, 0.717) is 11.4 Å². The van der Waals surface area contributed by atoms with Gasteiger partial charge in [0, 0.05) is 29.0 Å². The van der Waals surface area contributed by atoms with Gasteiger partial charge in [0.2, 0.25) is 0 Å². The van der Waals surface area contributed by atoms with Gasteiger partial charge in [-0.15, -0.1) is 0 Å². The summed E-state index contributed by atoms with van der Waals surface area (Å²) in [5.41, 5.74) is 0.924. The van der Waals surface area contributed by atoms with Gasteiger partial charge in [-0.2, -0.15) is 0 Å². The van der Waals surface area contributed by atoms with Gasteiger partial charge in [-0.25, -0.2) is 4.79 Å². The molecule has 1 aromatic rings. The number of aliphatic imine (C=N–C) groups is 1. The molecular formula is C17H18N2O6. The summed E-state index contributed by atoms with van der Waals surface area (Å²) >= 11 is 0. The molecule has 8 nitrogen and oxygen atoms in total. The Kier molecular flexibility index (Phi) is 5.31. The summed E-state index contributed by atoms with van der Waals surface area (Å²) in [5.74, 6) is -3.19. The second kappa shape index (κ2) is 7.25. The Balaban J connectivity index is 2.78. The standard InChI is InChI=1S/C17H18N2O6/c1-9-13(16(20)24-3)15(14(10(2)18-9)17(21)25-4)11-7-5-6-8-12(11)19(22)23/h5-8,13,15H,1-4H3/i2+1,3+1,9+1,10+1,13+1,14+1,15+1,16+1. The maximum absolute atomic E-state index is 12.4. The SMILES string of the molecule is COC(=O)[13C]1=[13C]([13CH3])N=[13C](C)[13CH]([13C](=O)O[13CH3])[13CH]1c1ccccc1[N+](=O)[O-]. The van der Waals surface area contributed by atoms with Crippen molar-refractivity contribution in [3.05, 3.63) is 51.2 Å². The first-order chi connectivity index (χ1) is 11.8. The van der Waals surface area contributed by atoms with Crippen molar-refractivity contribution in [3.8, 4) is 0 Å². The zero-order chi connectivity index (χ0) is 18.7. The highest BCUT2D eigenvalue weighted by Crippen LogP contribution is 2.43. The van der Waals surface area contributed by atoms with Gasteiger partial charge in [0.15, 0.2) is 0 Å². The smallest absolute Gasteiger partial charge is 0.336 e. The maximum atomic E-state index is 12.4. The molecule has 0 fully saturated rings. The number of carbonyl (C=O) groups is 2. The Hall–Kier alpha value is -3.03. The number of hydrogen-bond acceptors (Lipinski definition) is 7. The maximum Gasteiger partial charge on any atom is 0.336 e. The number of benzene rings is 1. The molecule has 0 amide bonds. The van der Waals surface area contributed by atoms with Gasteiger partial charge in [-0.05, 0) is 13.8 Å². The summed E-state index contributed by atoms with van der Waals surface area (Å²) in [4.78, 5) is 39.9. The molecule has 1 aliphatic rings. The number of methoxy groups -OCH3 is 2. The molecule has 2 unspecified atom stereocenters. The van der Waals surface area contributed by atoms with Crippen LogP contribution in [0.2, 0.25) is 0 Å². The van der Waals surface area contributed by atoms with Crippen LogP contribution in [0.5, 0.6) is 0 Å². The molecule has 0 aromatic heterocycles. The van der Waals surface area contributed by atoms with E-state index in [4.69, 9.17) is 9.47 Å². The minimum absolute atomic E-state index is 0.109. The largest absolute Gasteiger partial charge is 0.468 e. The molecule has 8 heteroatoms. The minimum Gasteiger partial charge on any atom is -0.468 e. The molecule has 132 valence electrons. The van der Waals surface area contributed by atoms with E-state index in [-0.39, 0.29) is 16.8 Å². The van der Waals surface area contributed by atoms with Crippen LogP contribution in [-0.2, 0) is 19.1 Å². The molecule has 1 aliphatic heterocycles. The summed E-state index contributed by atoms with van der Waals surface area (Å²) in [6.45, 7) is 3.23. The fourth-order valence-corrected chi connectivity index (χ4v) is 3.10. The Morgan fingerprint density at radius 3 is 2.36 bits per heavy atom. The third-order valence-corrected chi connectivity index (χ3v) is 4.16. The number of nitrogens with zero attached hydrogens (tertiary/aromatic N) is 2. The first-order valence-electron chi connectivity index (χ1n) is 7.48. The molecule has 0 bridgehead atoms. The lowest BCUT2D eigenvalue weighted by Crippen LogP contribution is -2.36. The van der Waals surface area contributed by atoms with Gasteiger partial charge < -0.3 is 9.47 Å². The molecule has 0 saturated heterocycles. The number of esters is 2. The predicted octanol–water partition coefficient (Wildman–Crippen LogP) is 2.39. The van der Waals surface area contributed by atoms with Crippen molar-refractivity contribution in [2.45, 2.75) is 19.8 Å². The van der Waals surface area contributed by atoms with Gasteiger partial charge in [-0.3, -0.25) is 19.9 Å². The second-order valence-corrected chi connectivity index (χ2v) is 5.54. The topological polar surface area (TPSA) is 108 Å². The average molecular weight is 354 g/mol. The molecule has 0 N–H and O–H groups in total. The van der Waals surface area contributed by atoms with Crippen molar-refractivity contribution in [1.82, 2.24) is 0 Å². The van der Waals surface area contributed by atoms with Crippen molar-refractivity contribution < 1.29 is 24.0 Å². The van der Waals surface area contributed by atoms with Crippen molar-refractivity contribution in [2.75, 3.05) is 14.2 Å². The average Bonchev–Trinajstić information content (AvgIpc) is 2.59. The van der Waals surface area contributed by atoms with E-state index in [9.17, 15) is 19.7 Å². The second-order valence-electron chi connectivity index (χ2n) is 5.54. The van der Waals surface area contributed by atoms with Crippen LogP contribution >= 0.6 is 0 Å². The van der Waals surface area contributed by atoms with Gasteiger partial charge >= 0.3 is 11.9 Å². The molecule has 25 heavy (non-hydrogen) atoms. The fraction of sp³-hybridized carbons (Fsp3) is 0.353. The molecule has 0 spiro atoms. The Morgan fingerprint density at radius 2 is 1.80 bits per heavy atom. The highest BCUT2D eigenvalue weighted by Gasteiger charge is 2.44. The molecule has 2 atom stereocenters. The molecule has 0 saturated carbocycles. The van der Waals surface area contributed by atoms with Crippen molar-refractivity contribution in [1.29, 1.82) is 0 Å². The monoisotopic (exact) mass is 354 g/mol. The van der Waals surface area contributed by atoms with Crippen LogP contribution < -0.4 is 0 Å². The van der Waals surface area contributed by atoms with E-state index in [0.717, 1.165) is 0 Å². The zero-order valence-corrected chi connectivity index (χ0v) is 14.3. The lowest BCUT2D eigenvalue weighted by Gasteiger charge is -2.30. The number of ether oxygens (including phenoxy) is 2. The molecule has 2 rings (SSSR count). The third-order valence-electron chi connectivity index (χ3n) is 4.16. The highest BCUT2D eigenvalue weighted by molar-refractivity contribution is 6.07. The van der Waals surface area contributed by atoms with Gasteiger partial charge in [0.1, 0.15) is 5.92 Å². The molecule has 1 aromatic carbocycles. The number of para-hydroxylation sites is 1. The normalized spacial score (nSPS) is 19.9. The Bertz CT molecular complexity index is 796. The quantitative estimate of drug-likeness (QED) is 0.355. The molecule has 0 aliphatic carbocycles. The lowest BCUT2D eigenvalue weighted by atomic mass is 10.2. The summed E-state index contributed by atoms with van der Waals surface area (Å²) in [7, 11) is 2.42. The third kappa shape index (κ3) is 3.28. The van der Waals surface area contributed by atoms with E-state index < -0.39 is 28.7 Å². The number of hydrogen-bond donors (Lipinski definition) is 0. The van der Waals surface area contributed by atoms with Crippen LogP contribution in [0.1, 0.15) is 25.3 Å². The van der Waals surface area contributed by atoms with Crippen LogP contribution in [0.3, 0.4) is 0 Å². The number of nitro benzene ring substituents is 1. The van der Waals surface area contributed by atoms with Gasteiger partial charge in [0.25, 0.3) is 5.69 Å². The van der Waals surface area contributed by atoms with Crippen molar-refractivity contribution >= 4 is 23.3 Å². The van der Waals surface area contributed by atoms with E-state index in [1.807, 2.05) is 0 Å². The summed E-state index contributed by atoms with van der Waals surface area (Å²) in [5, 5.41) is 11.4. The number of rotatable bonds is 4. The first kappa shape index (κ1) is 18.3. The number of allylic oxidation sites excluding steroid dienone is 1. The van der Waals surface area contributed by atoms with E-state index in [1.165, 1.54) is 32.4 Å². The van der Waals surface area contributed by atoms with Crippen LogP contribution in [0.15, 0.2) is 40.5 Å². The Morgan fingerprint density at radius 1 is 1.16 bits per heavy atom. The van der Waals surface area contributed by atoms with Crippen LogP contribution in [0, 0.1) is 16.0 Å². The van der Waals surface area contributed by atoms with Crippen LogP contribution in [0.25, 0.3) is 0 Å². The summed E-state index contributed by atoms with van der Waals surface area (Å²) in [6.07, 6.45) is 0. The fourth-order valence-electron chi connectivity index (χ4n) is 3.10. The van der Waals surface area contributed by atoms with Gasteiger partial charge in [-0.1, -0.05) is 18.2 Å². The zero-order valence-electron chi connectivity index (χ0n) is 14.3. The van der Waals surface area contributed by atoms with E-state index >= 15 is 0 Å². The predicted molar refractivity (Wildman–Crippen MR) is 89.2 cm³/mol. The van der Waals surface area contributed by atoms with Crippen molar-refractivity contribution in [2.24, 2.45) is 10.9 Å². The molecular weight excluding hydrogens is 336 g/mol. The van der Waals surface area contributed by atoms with Gasteiger partial charge in [0.05, 0.1) is 24.7 Å². The van der Waals surface area contributed by atoms with Crippen molar-refractivity contribution in [3.63, 3.8) is 0 Å². The Labute approximate surface area is 144 Å². The lowest BCUT2D eigenvalue weighted by molar-refractivity contribution is -0.385. The number of carbonyl (C=O) groups excluding carboxylic acids is 2. The van der Waals surface area contributed by atoms with Crippen LogP contribution in [-0.4, -0.2) is 36.8 Å². The van der Waals surface area contributed by atoms with E-state index in [1.54, 1.807) is 19.9 Å². The molecule has 0 radical (unpaired) electrons. The van der Waals surface area contributed by atoms with E-state index in [2.05, 4.69) is 4.99 Å². The summed E-state index contributed by atoms with van der Waals surface area (Å²) < 4.78 is 9.67. The highest BCUT2D eigenvalue weighted by atomic mass is 16.7. The van der Waals surface area contributed by atoms with Crippen LogP contribution in [0.4, 0.5) is 5.69 Å². The minimum atomic E-state index is -0.955. The first-order valence-corrected chi connectivity index (χ1v) is 7.48. The number of nitro groups is 1. The molecule has 1 heterocycles. The summed E-state index contributed by atoms with van der Waals surface area (Å²) in [6, 6.07) is 5.98.